The summed E-state index contributed by atoms with van der Waals surface area (Å²) in [7, 11) is -1.64. The van der Waals surface area contributed by atoms with E-state index in [0.29, 0.717) is 30.1 Å². The van der Waals surface area contributed by atoms with Gasteiger partial charge in [0.25, 0.3) is 0 Å². The largest absolute Gasteiger partial charge is 0.319 e. The molecule has 6 heteroatoms. The predicted molar refractivity (Wildman–Crippen MR) is 81.3 cm³/mol. The van der Waals surface area contributed by atoms with Crippen LogP contribution in [0.4, 0.5) is 0 Å². The standard InChI is InChI=1S/C15H21N3O2S/c1-12-5-6-13(9-16)8-15(12)21(19,20)18-7-3-4-14(11-18)10-17-2/h5-6,8,14,17H,3-4,7,10-11H2,1-2H3. The second-order valence-corrected chi connectivity index (χ2v) is 7.43. The average molecular weight is 307 g/mol. The van der Waals surface area contributed by atoms with Crippen LogP contribution in [-0.4, -0.2) is 39.4 Å². The highest BCUT2D eigenvalue weighted by molar-refractivity contribution is 7.89. The van der Waals surface area contributed by atoms with Crippen LogP contribution >= 0.6 is 0 Å². The number of nitriles is 1. The second-order valence-electron chi connectivity index (χ2n) is 5.52. The molecule has 0 amide bonds. The van der Waals surface area contributed by atoms with Gasteiger partial charge in [0.15, 0.2) is 0 Å². The van der Waals surface area contributed by atoms with Crippen molar-refractivity contribution in [3.63, 3.8) is 0 Å². The van der Waals surface area contributed by atoms with Gasteiger partial charge in [-0.05, 0) is 57.0 Å². The van der Waals surface area contributed by atoms with Gasteiger partial charge in [-0.3, -0.25) is 0 Å². The first-order valence-corrected chi connectivity index (χ1v) is 8.58. The summed E-state index contributed by atoms with van der Waals surface area (Å²) in [5, 5.41) is 12.1. The monoisotopic (exact) mass is 307 g/mol. The molecule has 1 aliphatic heterocycles. The molecule has 1 aromatic rings. The van der Waals surface area contributed by atoms with E-state index in [2.05, 4.69) is 5.32 Å². The van der Waals surface area contributed by atoms with E-state index < -0.39 is 10.0 Å². The van der Waals surface area contributed by atoms with Crippen molar-refractivity contribution in [2.45, 2.75) is 24.7 Å². The van der Waals surface area contributed by atoms with Gasteiger partial charge in [0.05, 0.1) is 16.5 Å². The highest BCUT2D eigenvalue weighted by Crippen LogP contribution is 2.26. The number of piperidine rings is 1. The molecule has 0 bridgehead atoms. The average Bonchev–Trinajstić information content (AvgIpc) is 2.48. The van der Waals surface area contributed by atoms with E-state index in [1.807, 2.05) is 13.1 Å². The minimum atomic E-state index is -3.52. The Labute approximate surface area is 126 Å². The summed E-state index contributed by atoms with van der Waals surface area (Å²) in [5.41, 5.74) is 1.06. The van der Waals surface area contributed by atoms with Crippen LogP contribution in [-0.2, 0) is 10.0 Å². The van der Waals surface area contributed by atoms with Crippen LogP contribution in [0.1, 0.15) is 24.0 Å². The summed E-state index contributed by atoms with van der Waals surface area (Å²) in [6.45, 7) is 3.68. The number of rotatable bonds is 4. The van der Waals surface area contributed by atoms with Crippen LogP contribution < -0.4 is 5.32 Å². The fourth-order valence-corrected chi connectivity index (χ4v) is 4.59. The topological polar surface area (TPSA) is 73.2 Å². The van der Waals surface area contributed by atoms with Crippen molar-refractivity contribution in [3.8, 4) is 6.07 Å². The van der Waals surface area contributed by atoms with Crippen LogP contribution in [0.5, 0.6) is 0 Å². The van der Waals surface area contributed by atoms with Gasteiger partial charge in [-0.25, -0.2) is 8.42 Å². The van der Waals surface area contributed by atoms with Gasteiger partial charge in [0, 0.05) is 13.1 Å². The molecule has 1 atom stereocenters. The molecule has 21 heavy (non-hydrogen) atoms. The Morgan fingerprint density at radius 2 is 2.24 bits per heavy atom. The van der Waals surface area contributed by atoms with Crippen LogP contribution in [0.15, 0.2) is 23.1 Å². The van der Waals surface area contributed by atoms with Gasteiger partial charge in [-0.2, -0.15) is 9.57 Å². The molecule has 0 spiro atoms. The van der Waals surface area contributed by atoms with Crippen molar-refractivity contribution in [2.75, 3.05) is 26.7 Å². The Hall–Kier alpha value is -1.42. The fraction of sp³-hybridized carbons (Fsp3) is 0.533. The van der Waals surface area contributed by atoms with E-state index >= 15 is 0 Å². The minimum Gasteiger partial charge on any atom is -0.319 e. The SMILES string of the molecule is CNCC1CCCN(S(=O)(=O)c2cc(C#N)ccc2C)C1. The Bertz CT molecular complexity index is 647. The number of hydrogen-bond donors (Lipinski definition) is 1. The first-order chi connectivity index (χ1) is 9.98. The van der Waals surface area contributed by atoms with E-state index in [0.717, 1.165) is 19.4 Å². The molecular weight excluding hydrogens is 286 g/mol. The summed E-state index contributed by atoms with van der Waals surface area (Å²) in [5.74, 6) is 0.345. The van der Waals surface area contributed by atoms with Crippen LogP contribution in [0, 0.1) is 24.2 Å². The number of nitrogens with zero attached hydrogens (tertiary/aromatic N) is 2. The molecule has 2 rings (SSSR count). The normalized spacial score (nSPS) is 20.1. The van der Waals surface area contributed by atoms with Crippen molar-refractivity contribution in [1.29, 1.82) is 5.26 Å². The van der Waals surface area contributed by atoms with Crippen molar-refractivity contribution >= 4 is 10.0 Å². The van der Waals surface area contributed by atoms with Crippen molar-refractivity contribution < 1.29 is 8.42 Å². The molecule has 0 aliphatic carbocycles. The summed E-state index contributed by atoms with van der Waals surface area (Å²) >= 11 is 0. The van der Waals surface area contributed by atoms with Gasteiger partial charge >= 0.3 is 0 Å². The van der Waals surface area contributed by atoms with Crippen molar-refractivity contribution in [3.05, 3.63) is 29.3 Å². The fourth-order valence-electron chi connectivity index (χ4n) is 2.79. The van der Waals surface area contributed by atoms with Gasteiger partial charge in [0.1, 0.15) is 0 Å². The Morgan fingerprint density at radius 1 is 1.48 bits per heavy atom. The Balaban J connectivity index is 2.31. The molecule has 1 heterocycles. The lowest BCUT2D eigenvalue weighted by Crippen LogP contribution is -2.42. The Kier molecular flexibility index (Phi) is 4.99. The van der Waals surface area contributed by atoms with Gasteiger partial charge in [0.2, 0.25) is 10.0 Å². The lowest BCUT2D eigenvalue weighted by Gasteiger charge is -2.32. The van der Waals surface area contributed by atoms with E-state index in [1.54, 1.807) is 23.4 Å². The molecule has 1 aliphatic rings. The molecule has 0 saturated carbocycles. The highest BCUT2D eigenvalue weighted by Gasteiger charge is 2.31. The molecule has 1 aromatic carbocycles. The molecule has 5 nitrogen and oxygen atoms in total. The molecule has 114 valence electrons. The number of hydrogen-bond acceptors (Lipinski definition) is 4. The Morgan fingerprint density at radius 3 is 2.90 bits per heavy atom. The molecule has 1 unspecified atom stereocenters. The molecule has 0 aromatic heterocycles. The summed E-state index contributed by atoms with van der Waals surface area (Å²) in [6.07, 6.45) is 1.92. The van der Waals surface area contributed by atoms with E-state index in [-0.39, 0.29) is 4.90 Å². The zero-order valence-corrected chi connectivity index (χ0v) is 13.3. The number of aryl methyl sites for hydroxylation is 1. The number of benzene rings is 1. The lowest BCUT2D eigenvalue weighted by molar-refractivity contribution is 0.263. The third kappa shape index (κ3) is 3.43. The molecule has 1 N–H and O–H groups in total. The lowest BCUT2D eigenvalue weighted by atomic mass is 10.00. The first-order valence-electron chi connectivity index (χ1n) is 7.14. The summed E-state index contributed by atoms with van der Waals surface area (Å²) < 4.78 is 27.2. The van der Waals surface area contributed by atoms with Crippen LogP contribution in [0.3, 0.4) is 0 Å². The van der Waals surface area contributed by atoms with Gasteiger partial charge in [-0.1, -0.05) is 6.07 Å². The zero-order valence-electron chi connectivity index (χ0n) is 12.5. The molecule has 1 saturated heterocycles. The zero-order chi connectivity index (χ0) is 15.5. The first kappa shape index (κ1) is 16.0. The maximum atomic E-state index is 12.8. The van der Waals surface area contributed by atoms with Crippen LogP contribution in [0.2, 0.25) is 0 Å². The number of nitrogens with one attached hydrogen (secondary N) is 1. The predicted octanol–water partition coefficient (Wildman–Crippen LogP) is 1.49. The minimum absolute atomic E-state index is 0.256. The van der Waals surface area contributed by atoms with E-state index in [9.17, 15) is 8.42 Å². The maximum absolute atomic E-state index is 12.8. The molecule has 1 fully saturated rings. The van der Waals surface area contributed by atoms with Gasteiger partial charge in [-0.15, -0.1) is 0 Å². The smallest absolute Gasteiger partial charge is 0.243 e. The third-order valence-corrected chi connectivity index (χ3v) is 5.92. The number of sulfonamides is 1. The maximum Gasteiger partial charge on any atom is 0.243 e. The highest BCUT2D eigenvalue weighted by atomic mass is 32.2. The quantitative estimate of drug-likeness (QED) is 0.914. The van der Waals surface area contributed by atoms with E-state index in [1.165, 1.54) is 6.07 Å². The van der Waals surface area contributed by atoms with Crippen molar-refractivity contribution in [1.82, 2.24) is 9.62 Å². The second kappa shape index (κ2) is 6.56. The summed E-state index contributed by atoms with van der Waals surface area (Å²) in [4.78, 5) is 0.256. The van der Waals surface area contributed by atoms with Gasteiger partial charge < -0.3 is 5.32 Å². The molecular formula is C15H21N3O2S. The van der Waals surface area contributed by atoms with Crippen molar-refractivity contribution in [2.24, 2.45) is 5.92 Å². The third-order valence-electron chi connectivity index (χ3n) is 3.91. The summed E-state index contributed by atoms with van der Waals surface area (Å²) in [6, 6.07) is 6.83. The molecule has 0 radical (unpaired) electrons. The van der Waals surface area contributed by atoms with Crippen LogP contribution in [0.25, 0.3) is 0 Å². The van der Waals surface area contributed by atoms with E-state index in [4.69, 9.17) is 5.26 Å².